The molecule has 20 heavy (non-hydrogen) atoms. The van der Waals surface area contributed by atoms with Crippen LogP contribution >= 0.6 is 11.8 Å². The summed E-state index contributed by atoms with van der Waals surface area (Å²) < 4.78 is 36.7. The van der Waals surface area contributed by atoms with E-state index in [1.807, 2.05) is 6.92 Å². The average molecular weight is 299 g/mol. The van der Waals surface area contributed by atoms with Gasteiger partial charge in [0.2, 0.25) is 0 Å². The number of aryl methyl sites for hydroxylation is 1. The number of alkyl halides is 3. The summed E-state index contributed by atoms with van der Waals surface area (Å²) >= 11 is -0.138. The van der Waals surface area contributed by atoms with Crippen molar-refractivity contribution >= 4 is 17.6 Å². The first-order valence-corrected chi connectivity index (χ1v) is 6.58. The molecule has 0 radical (unpaired) electrons. The molecule has 0 atom stereocenters. The van der Waals surface area contributed by atoms with Gasteiger partial charge in [-0.05, 0) is 30.8 Å². The molecular formula is C13H12F3N3S. The molecule has 1 N–H and O–H groups in total. The van der Waals surface area contributed by atoms with Crippen LogP contribution in [-0.2, 0) is 0 Å². The van der Waals surface area contributed by atoms with Crippen LogP contribution < -0.4 is 5.32 Å². The van der Waals surface area contributed by atoms with Crippen molar-refractivity contribution in [1.29, 1.82) is 0 Å². The Morgan fingerprint density at radius 1 is 1.10 bits per heavy atom. The third-order valence-corrected chi connectivity index (χ3v) is 3.20. The molecule has 2 aromatic rings. The van der Waals surface area contributed by atoms with Gasteiger partial charge in [-0.2, -0.15) is 13.2 Å². The van der Waals surface area contributed by atoms with E-state index in [0.29, 0.717) is 17.2 Å². The number of hydrogen-bond donors (Lipinski definition) is 1. The molecule has 0 spiro atoms. The van der Waals surface area contributed by atoms with Gasteiger partial charge in [-0.3, -0.25) is 0 Å². The maximum absolute atomic E-state index is 12.2. The fraction of sp³-hybridized carbons (Fsp3) is 0.231. The molecule has 0 bridgehead atoms. The molecular weight excluding hydrogens is 287 g/mol. The van der Waals surface area contributed by atoms with Crippen molar-refractivity contribution in [2.75, 3.05) is 12.4 Å². The molecule has 1 aromatic carbocycles. The first-order chi connectivity index (χ1) is 9.37. The quantitative estimate of drug-likeness (QED) is 0.866. The molecule has 0 aliphatic carbocycles. The van der Waals surface area contributed by atoms with Crippen molar-refractivity contribution in [2.45, 2.75) is 17.3 Å². The summed E-state index contributed by atoms with van der Waals surface area (Å²) in [4.78, 5) is 8.69. The highest BCUT2D eigenvalue weighted by atomic mass is 32.2. The van der Waals surface area contributed by atoms with E-state index in [0.717, 1.165) is 5.69 Å². The molecule has 3 nitrogen and oxygen atoms in total. The Balaban J connectivity index is 2.28. The SMILES string of the molecule is CNc1cc(C)nc(-c2ccc(SC(F)(F)F)cc2)n1. The third-order valence-electron chi connectivity index (χ3n) is 2.46. The zero-order chi connectivity index (χ0) is 14.8. The summed E-state index contributed by atoms with van der Waals surface area (Å²) in [6.45, 7) is 1.83. The summed E-state index contributed by atoms with van der Waals surface area (Å²) in [5, 5.41) is 2.92. The number of halogens is 3. The molecule has 0 fully saturated rings. The molecule has 7 heteroatoms. The Bertz CT molecular complexity index is 597. The van der Waals surface area contributed by atoms with Gasteiger partial charge in [0.05, 0.1) is 0 Å². The molecule has 0 unspecified atom stereocenters. The third kappa shape index (κ3) is 3.86. The van der Waals surface area contributed by atoms with Gasteiger partial charge in [0.1, 0.15) is 5.82 Å². The second-order valence-electron chi connectivity index (χ2n) is 4.04. The molecule has 0 aliphatic heterocycles. The van der Waals surface area contributed by atoms with Crippen molar-refractivity contribution in [3.63, 3.8) is 0 Å². The van der Waals surface area contributed by atoms with Crippen LogP contribution in [0.25, 0.3) is 11.4 Å². The van der Waals surface area contributed by atoms with Crippen molar-refractivity contribution in [3.8, 4) is 11.4 Å². The van der Waals surface area contributed by atoms with Crippen LogP contribution in [0.5, 0.6) is 0 Å². The van der Waals surface area contributed by atoms with Crippen LogP contribution in [0.4, 0.5) is 19.0 Å². The lowest BCUT2D eigenvalue weighted by Crippen LogP contribution is -1.99. The number of aromatic nitrogens is 2. The standard InChI is InChI=1S/C13H12F3N3S/c1-8-7-11(17-2)19-12(18-8)9-3-5-10(6-4-9)20-13(14,15)16/h3-7H,1-2H3,(H,17,18,19). The van der Waals surface area contributed by atoms with Gasteiger partial charge in [-0.25, -0.2) is 9.97 Å². The molecule has 0 saturated heterocycles. The Morgan fingerprint density at radius 2 is 1.75 bits per heavy atom. The summed E-state index contributed by atoms with van der Waals surface area (Å²) in [6.07, 6.45) is 0. The lowest BCUT2D eigenvalue weighted by molar-refractivity contribution is -0.0328. The van der Waals surface area contributed by atoms with Crippen molar-refractivity contribution in [2.24, 2.45) is 0 Å². The minimum atomic E-state index is -4.28. The van der Waals surface area contributed by atoms with Crippen molar-refractivity contribution < 1.29 is 13.2 Å². The van der Waals surface area contributed by atoms with E-state index in [2.05, 4.69) is 15.3 Å². The van der Waals surface area contributed by atoms with Gasteiger partial charge in [0.25, 0.3) is 0 Å². The highest BCUT2D eigenvalue weighted by Crippen LogP contribution is 2.37. The van der Waals surface area contributed by atoms with Crippen LogP contribution in [0.3, 0.4) is 0 Å². The van der Waals surface area contributed by atoms with Crippen LogP contribution in [0.2, 0.25) is 0 Å². The number of rotatable bonds is 3. The maximum Gasteiger partial charge on any atom is 0.446 e. The zero-order valence-electron chi connectivity index (χ0n) is 10.8. The fourth-order valence-corrected chi connectivity index (χ4v) is 2.17. The van der Waals surface area contributed by atoms with E-state index in [-0.39, 0.29) is 16.7 Å². The maximum atomic E-state index is 12.2. The summed E-state index contributed by atoms with van der Waals surface area (Å²) in [6, 6.07) is 7.79. The highest BCUT2D eigenvalue weighted by Gasteiger charge is 2.29. The first-order valence-electron chi connectivity index (χ1n) is 5.77. The van der Waals surface area contributed by atoms with Gasteiger partial charge in [-0.1, -0.05) is 12.1 Å². The molecule has 1 aromatic heterocycles. The molecule has 0 aliphatic rings. The molecule has 1 heterocycles. The number of nitrogens with one attached hydrogen (secondary N) is 1. The molecule has 106 valence electrons. The smallest absolute Gasteiger partial charge is 0.373 e. The van der Waals surface area contributed by atoms with E-state index in [9.17, 15) is 13.2 Å². The monoisotopic (exact) mass is 299 g/mol. The number of anilines is 1. The molecule has 0 saturated carbocycles. The van der Waals surface area contributed by atoms with E-state index in [1.165, 1.54) is 12.1 Å². The van der Waals surface area contributed by atoms with Gasteiger partial charge in [0, 0.05) is 29.3 Å². The van der Waals surface area contributed by atoms with Crippen molar-refractivity contribution in [1.82, 2.24) is 9.97 Å². The predicted molar refractivity (Wildman–Crippen MR) is 73.7 cm³/mol. The summed E-state index contributed by atoms with van der Waals surface area (Å²) in [5.41, 5.74) is -2.81. The molecule has 0 amide bonds. The minimum absolute atomic E-state index is 0.138. The molecule has 2 rings (SSSR count). The van der Waals surface area contributed by atoms with Crippen LogP contribution in [0.1, 0.15) is 5.69 Å². The van der Waals surface area contributed by atoms with E-state index in [4.69, 9.17) is 0 Å². The van der Waals surface area contributed by atoms with Crippen LogP contribution in [-0.4, -0.2) is 22.5 Å². The Hall–Kier alpha value is -1.76. The Labute approximate surface area is 118 Å². The summed E-state index contributed by atoms with van der Waals surface area (Å²) in [7, 11) is 1.74. The van der Waals surface area contributed by atoms with Gasteiger partial charge >= 0.3 is 5.51 Å². The van der Waals surface area contributed by atoms with Gasteiger partial charge in [-0.15, -0.1) is 0 Å². The number of benzene rings is 1. The largest absolute Gasteiger partial charge is 0.446 e. The predicted octanol–water partition coefficient (Wildman–Crippen LogP) is 4.11. The number of nitrogens with zero attached hydrogens (tertiary/aromatic N) is 2. The minimum Gasteiger partial charge on any atom is -0.373 e. The normalized spacial score (nSPS) is 11.4. The first kappa shape index (κ1) is 14.6. The van der Waals surface area contributed by atoms with E-state index < -0.39 is 5.51 Å². The van der Waals surface area contributed by atoms with Gasteiger partial charge in [0.15, 0.2) is 5.82 Å². The van der Waals surface area contributed by atoms with Crippen LogP contribution in [0.15, 0.2) is 35.2 Å². The topological polar surface area (TPSA) is 37.8 Å². The second kappa shape index (κ2) is 5.70. The Morgan fingerprint density at radius 3 is 2.30 bits per heavy atom. The fourth-order valence-electron chi connectivity index (χ4n) is 1.63. The van der Waals surface area contributed by atoms with E-state index in [1.54, 1.807) is 25.2 Å². The second-order valence-corrected chi connectivity index (χ2v) is 5.18. The average Bonchev–Trinajstić information content (AvgIpc) is 2.37. The van der Waals surface area contributed by atoms with Crippen LogP contribution in [0, 0.1) is 6.92 Å². The highest BCUT2D eigenvalue weighted by molar-refractivity contribution is 8.00. The lowest BCUT2D eigenvalue weighted by atomic mass is 10.2. The Kier molecular flexibility index (Phi) is 4.17. The van der Waals surface area contributed by atoms with Gasteiger partial charge < -0.3 is 5.32 Å². The number of thioether (sulfide) groups is 1. The zero-order valence-corrected chi connectivity index (χ0v) is 11.6. The summed E-state index contributed by atoms with van der Waals surface area (Å²) in [5.74, 6) is 1.15. The lowest BCUT2D eigenvalue weighted by Gasteiger charge is -2.07. The van der Waals surface area contributed by atoms with Crippen molar-refractivity contribution in [3.05, 3.63) is 36.0 Å². The van der Waals surface area contributed by atoms with E-state index >= 15 is 0 Å². The number of hydrogen-bond acceptors (Lipinski definition) is 4.